The molecule has 1 saturated heterocycles. The van der Waals surface area contributed by atoms with Crippen molar-refractivity contribution < 1.29 is 4.92 Å². The zero-order valence-corrected chi connectivity index (χ0v) is 11.9. The van der Waals surface area contributed by atoms with Crippen molar-refractivity contribution in [2.75, 3.05) is 17.2 Å². The number of nitro benzene ring substituents is 1. The number of benzene rings is 1. The van der Waals surface area contributed by atoms with Crippen LogP contribution in [-0.4, -0.2) is 21.4 Å². The summed E-state index contributed by atoms with van der Waals surface area (Å²) in [4.78, 5) is 19.6. The number of rotatable bonds is 3. The Hall–Kier alpha value is -2.28. The van der Waals surface area contributed by atoms with Gasteiger partial charge < -0.3 is 15.6 Å². The number of anilines is 2. The van der Waals surface area contributed by atoms with Crippen molar-refractivity contribution in [3.8, 4) is 0 Å². The summed E-state index contributed by atoms with van der Waals surface area (Å²) >= 11 is 5.99. The lowest BCUT2D eigenvalue weighted by Gasteiger charge is -2.26. The first-order valence-electron chi connectivity index (χ1n) is 6.57. The second-order valence-electron chi connectivity index (χ2n) is 4.97. The molecule has 1 aliphatic heterocycles. The van der Waals surface area contributed by atoms with Crippen molar-refractivity contribution in [3.63, 3.8) is 0 Å². The largest absolute Gasteiger partial charge is 0.369 e. The van der Waals surface area contributed by atoms with Crippen LogP contribution in [0.3, 0.4) is 0 Å². The molecule has 0 radical (unpaired) electrons. The molecule has 0 bridgehead atoms. The molecular formula is C13H14ClN5O2. The zero-order valence-electron chi connectivity index (χ0n) is 11.1. The summed E-state index contributed by atoms with van der Waals surface area (Å²) in [6.07, 6.45) is 3.72. The van der Waals surface area contributed by atoms with E-state index in [1.54, 1.807) is 18.3 Å². The molecule has 110 valence electrons. The standard InChI is InChI=1S/C13H14ClN5O2/c14-9-6-8(3-4-11(9)19(20)21)18-5-1-2-12(18)10-7-16-13(15)17-10/h3-4,6-7,12H,1-2,5H2,(H3,15,16,17)/t12-/m0/s1. The van der Waals surface area contributed by atoms with E-state index in [2.05, 4.69) is 14.9 Å². The number of hydrogen-bond acceptors (Lipinski definition) is 5. The van der Waals surface area contributed by atoms with E-state index >= 15 is 0 Å². The van der Waals surface area contributed by atoms with Gasteiger partial charge in [0.15, 0.2) is 5.95 Å². The lowest BCUT2D eigenvalue weighted by molar-refractivity contribution is -0.384. The molecule has 21 heavy (non-hydrogen) atoms. The van der Waals surface area contributed by atoms with Gasteiger partial charge >= 0.3 is 0 Å². The van der Waals surface area contributed by atoms with Crippen LogP contribution in [0.4, 0.5) is 17.3 Å². The van der Waals surface area contributed by atoms with E-state index in [0.717, 1.165) is 30.8 Å². The summed E-state index contributed by atoms with van der Waals surface area (Å²) in [5.41, 5.74) is 7.35. The Kier molecular flexibility index (Phi) is 3.42. The quantitative estimate of drug-likeness (QED) is 0.670. The lowest BCUT2D eigenvalue weighted by Crippen LogP contribution is -2.22. The maximum atomic E-state index is 10.8. The Labute approximate surface area is 125 Å². The Morgan fingerprint density at radius 3 is 2.95 bits per heavy atom. The van der Waals surface area contributed by atoms with E-state index < -0.39 is 4.92 Å². The first kappa shape index (κ1) is 13.7. The normalized spacial score (nSPS) is 18.1. The van der Waals surface area contributed by atoms with Crippen LogP contribution in [0, 0.1) is 10.1 Å². The van der Waals surface area contributed by atoms with Crippen LogP contribution in [0.15, 0.2) is 24.4 Å². The maximum Gasteiger partial charge on any atom is 0.288 e. The van der Waals surface area contributed by atoms with Crippen molar-refractivity contribution in [2.45, 2.75) is 18.9 Å². The minimum absolute atomic E-state index is 0.0815. The molecule has 8 heteroatoms. The van der Waals surface area contributed by atoms with Gasteiger partial charge in [0.05, 0.1) is 22.9 Å². The summed E-state index contributed by atoms with van der Waals surface area (Å²) in [5, 5.41) is 11.0. The van der Waals surface area contributed by atoms with E-state index in [0.29, 0.717) is 5.95 Å². The second-order valence-corrected chi connectivity index (χ2v) is 5.38. The number of halogens is 1. The molecule has 1 fully saturated rings. The smallest absolute Gasteiger partial charge is 0.288 e. The fraction of sp³-hybridized carbons (Fsp3) is 0.308. The average molecular weight is 308 g/mol. The summed E-state index contributed by atoms with van der Waals surface area (Å²) in [7, 11) is 0. The van der Waals surface area contributed by atoms with Crippen LogP contribution in [0.25, 0.3) is 0 Å². The van der Waals surface area contributed by atoms with Crippen molar-refractivity contribution >= 4 is 28.9 Å². The maximum absolute atomic E-state index is 10.8. The summed E-state index contributed by atoms with van der Waals surface area (Å²) in [5.74, 6) is 0.388. The third-order valence-electron chi connectivity index (χ3n) is 3.69. The number of imidazole rings is 1. The van der Waals surface area contributed by atoms with Crippen molar-refractivity contribution in [1.29, 1.82) is 0 Å². The molecule has 7 nitrogen and oxygen atoms in total. The highest BCUT2D eigenvalue weighted by Gasteiger charge is 2.28. The van der Waals surface area contributed by atoms with Crippen molar-refractivity contribution in [3.05, 3.63) is 45.2 Å². The Balaban J connectivity index is 1.92. The molecule has 1 aromatic heterocycles. The van der Waals surface area contributed by atoms with Crippen LogP contribution in [0.2, 0.25) is 5.02 Å². The number of nitrogens with two attached hydrogens (primary N) is 1. The fourth-order valence-corrected chi connectivity index (χ4v) is 2.99. The van der Waals surface area contributed by atoms with Crippen LogP contribution in [0.5, 0.6) is 0 Å². The fourth-order valence-electron chi connectivity index (χ4n) is 2.74. The van der Waals surface area contributed by atoms with Gasteiger partial charge in [0, 0.05) is 18.3 Å². The van der Waals surface area contributed by atoms with Gasteiger partial charge in [0.2, 0.25) is 0 Å². The van der Waals surface area contributed by atoms with Crippen LogP contribution >= 0.6 is 11.6 Å². The Morgan fingerprint density at radius 2 is 2.33 bits per heavy atom. The number of nitro groups is 1. The Morgan fingerprint density at radius 1 is 1.52 bits per heavy atom. The van der Waals surface area contributed by atoms with Crippen molar-refractivity contribution in [2.24, 2.45) is 0 Å². The summed E-state index contributed by atoms with van der Waals surface area (Å²) < 4.78 is 0. The molecule has 0 unspecified atom stereocenters. The lowest BCUT2D eigenvalue weighted by atomic mass is 10.1. The molecule has 0 saturated carbocycles. The highest BCUT2D eigenvalue weighted by molar-refractivity contribution is 6.32. The van der Waals surface area contributed by atoms with Gasteiger partial charge in [-0.25, -0.2) is 4.98 Å². The number of nitrogen functional groups attached to an aromatic ring is 1. The molecule has 2 heterocycles. The van der Waals surface area contributed by atoms with Gasteiger partial charge in [-0.15, -0.1) is 0 Å². The number of nitrogens with zero attached hydrogens (tertiary/aromatic N) is 3. The van der Waals surface area contributed by atoms with Gasteiger partial charge in [-0.1, -0.05) is 11.6 Å². The molecule has 1 aliphatic rings. The number of nitrogens with one attached hydrogen (secondary N) is 1. The van der Waals surface area contributed by atoms with E-state index in [4.69, 9.17) is 17.3 Å². The molecule has 1 atom stereocenters. The van der Waals surface area contributed by atoms with E-state index in [-0.39, 0.29) is 16.8 Å². The molecule has 0 amide bonds. The zero-order chi connectivity index (χ0) is 15.0. The number of aromatic amines is 1. The summed E-state index contributed by atoms with van der Waals surface area (Å²) in [6, 6.07) is 4.93. The van der Waals surface area contributed by atoms with Gasteiger partial charge in [0.25, 0.3) is 5.69 Å². The first-order chi connectivity index (χ1) is 10.1. The van der Waals surface area contributed by atoms with Crippen molar-refractivity contribution in [1.82, 2.24) is 9.97 Å². The van der Waals surface area contributed by atoms with Gasteiger partial charge in [0.1, 0.15) is 5.02 Å². The molecule has 0 aliphatic carbocycles. The molecule has 3 rings (SSSR count). The molecule has 3 N–H and O–H groups in total. The SMILES string of the molecule is Nc1ncc([C@@H]2CCCN2c2ccc([N+](=O)[O-])c(Cl)c2)[nH]1. The predicted octanol–water partition coefficient (Wildman–Crippen LogP) is 2.90. The second kappa shape index (κ2) is 5.25. The van der Waals surface area contributed by atoms with E-state index in [1.165, 1.54) is 6.07 Å². The van der Waals surface area contributed by atoms with E-state index in [1.807, 2.05) is 0 Å². The highest BCUT2D eigenvalue weighted by Crippen LogP contribution is 2.38. The third-order valence-corrected chi connectivity index (χ3v) is 3.99. The first-order valence-corrected chi connectivity index (χ1v) is 6.95. The van der Waals surface area contributed by atoms with Gasteiger partial charge in [-0.05, 0) is 25.0 Å². The monoisotopic (exact) mass is 307 g/mol. The predicted molar refractivity (Wildman–Crippen MR) is 80.4 cm³/mol. The topological polar surface area (TPSA) is 101 Å². The van der Waals surface area contributed by atoms with Crippen LogP contribution < -0.4 is 10.6 Å². The molecule has 2 aromatic rings. The minimum Gasteiger partial charge on any atom is -0.369 e. The number of aromatic nitrogens is 2. The summed E-state index contributed by atoms with van der Waals surface area (Å²) in [6.45, 7) is 0.859. The molecular weight excluding hydrogens is 294 g/mol. The average Bonchev–Trinajstić information content (AvgIpc) is 3.06. The highest BCUT2D eigenvalue weighted by atomic mass is 35.5. The van der Waals surface area contributed by atoms with Gasteiger partial charge in [-0.2, -0.15) is 0 Å². The Bertz CT molecular complexity index is 687. The van der Waals surface area contributed by atoms with E-state index in [9.17, 15) is 10.1 Å². The molecule has 0 spiro atoms. The van der Waals surface area contributed by atoms with Crippen LogP contribution in [0.1, 0.15) is 24.6 Å². The minimum atomic E-state index is -0.483. The molecule has 1 aromatic carbocycles. The number of H-pyrrole nitrogens is 1. The number of hydrogen-bond donors (Lipinski definition) is 2. The van der Waals surface area contributed by atoms with Crippen LogP contribution in [-0.2, 0) is 0 Å². The third kappa shape index (κ3) is 2.52. The van der Waals surface area contributed by atoms with Gasteiger partial charge in [-0.3, -0.25) is 10.1 Å².